The summed E-state index contributed by atoms with van der Waals surface area (Å²) in [6, 6.07) is -0.548. The van der Waals surface area contributed by atoms with Gasteiger partial charge in [0.05, 0.1) is 25.4 Å². The zero-order valence-electron chi connectivity index (χ0n) is 48.7. The number of amides is 1. The highest BCUT2D eigenvalue weighted by Crippen LogP contribution is 2.18. The molecule has 0 radical (unpaired) electrons. The number of rotatable bonds is 61. The van der Waals surface area contributed by atoms with Gasteiger partial charge in [-0.1, -0.05) is 295 Å². The van der Waals surface area contributed by atoms with E-state index in [0.29, 0.717) is 25.9 Å². The van der Waals surface area contributed by atoms with Crippen molar-refractivity contribution in [3.63, 3.8) is 0 Å². The normalized spacial score (nSPS) is 12.7. The second-order valence-electron chi connectivity index (χ2n) is 22.4. The van der Waals surface area contributed by atoms with E-state index in [1.807, 2.05) is 0 Å². The molecule has 72 heavy (non-hydrogen) atoms. The van der Waals surface area contributed by atoms with E-state index in [2.05, 4.69) is 43.5 Å². The molecule has 1 amide bonds. The fraction of sp³-hybridized carbons (Fsp3) is 0.909. The Balaban J connectivity index is 3.42. The van der Waals surface area contributed by atoms with Crippen molar-refractivity contribution in [2.75, 3.05) is 13.2 Å². The average Bonchev–Trinajstić information content (AvgIpc) is 3.38. The molecule has 6 nitrogen and oxygen atoms in total. The topological polar surface area (TPSA) is 95.9 Å². The summed E-state index contributed by atoms with van der Waals surface area (Å²) in [5.74, 6) is -0.0387. The monoisotopic (exact) mass is 1010 g/mol. The fourth-order valence-corrected chi connectivity index (χ4v) is 10.2. The molecular formula is C66H127NO5. The summed E-state index contributed by atoms with van der Waals surface area (Å²) >= 11 is 0. The molecule has 0 aliphatic heterocycles. The minimum absolute atomic E-state index is 0.000958. The van der Waals surface area contributed by atoms with Crippen molar-refractivity contribution in [1.82, 2.24) is 5.32 Å². The van der Waals surface area contributed by atoms with Crippen LogP contribution in [-0.4, -0.2) is 47.4 Å². The highest BCUT2D eigenvalue weighted by Gasteiger charge is 2.20. The Morgan fingerprint density at radius 2 is 0.653 bits per heavy atom. The molecule has 0 aromatic heterocycles. The number of esters is 1. The molecule has 426 valence electrons. The highest BCUT2D eigenvalue weighted by molar-refractivity contribution is 5.76. The first kappa shape index (κ1) is 70.3. The number of allylic oxidation sites excluding steroid dienone is 4. The number of aliphatic hydroxyl groups is 2. The molecule has 0 bridgehead atoms. The lowest BCUT2D eigenvalue weighted by molar-refractivity contribution is -0.143. The molecule has 2 unspecified atom stereocenters. The largest absolute Gasteiger partial charge is 0.466 e. The van der Waals surface area contributed by atoms with Gasteiger partial charge in [-0.15, -0.1) is 0 Å². The van der Waals surface area contributed by atoms with Crippen molar-refractivity contribution in [3.8, 4) is 0 Å². The second kappa shape index (κ2) is 61.9. The van der Waals surface area contributed by atoms with Crippen LogP contribution in [0.5, 0.6) is 0 Å². The van der Waals surface area contributed by atoms with E-state index in [-0.39, 0.29) is 18.5 Å². The minimum Gasteiger partial charge on any atom is -0.466 e. The van der Waals surface area contributed by atoms with Crippen LogP contribution in [0.2, 0.25) is 0 Å². The van der Waals surface area contributed by atoms with E-state index in [1.54, 1.807) is 0 Å². The van der Waals surface area contributed by atoms with Crippen LogP contribution >= 0.6 is 0 Å². The predicted octanol–water partition coefficient (Wildman–Crippen LogP) is 20.6. The molecule has 2 atom stereocenters. The summed E-state index contributed by atoms with van der Waals surface area (Å²) in [6.07, 6.45) is 76.2. The molecule has 0 aliphatic carbocycles. The Morgan fingerprint density at radius 1 is 0.375 bits per heavy atom. The Hall–Kier alpha value is -1.66. The third kappa shape index (κ3) is 57.6. The number of ether oxygens (including phenoxy) is 1. The van der Waals surface area contributed by atoms with Gasteiger partial charge in [0, 0.05) is 12.8 Å². The van der Waals surface area contributed by atoms with Crippen LogP contribution < -0.4 is 5.32 Å². The second-order valence-corrected chi connectivity index (χ2v) is 22.4. The SMILES string of the molecule is CCCCCCCC/C=C\CCCCCCCC(=O)OCCCCCCCCCCCC/C=C\CCCCCCCCCC(=O)NC(CO)C(O)CCCCCCCCCCCCCCCCCCCCC. The first-order chi connectivity index (χ1) is 35.5. The van der Waals surface area contributed by atoms with Crippen LogP contribution in [0.25, 0.3) is 0 Å². The quantitative estimate of drug-likeness (QED) is 0.0320. The van der Waals surface area contributed by atoms with Crippen molar-refractivity contribution < 1.29 is 24.5 Å². The van der Waals surface area contributed by atoms with E-state index < -0.39 is 12.1 Å². The van der Waals surface area contributed by atoms with Gasteiger partial charge in [-0.2, -0.15) is 0 Å². The Bertz CT molecular complexity index is 1120. The van der Waals surface area contributed by atoms with Gasteiger partial charge in [0.25, 0.3) is 0 Å². The number of nitrogens with one attached hydrogen (secondary N) is 1. The minimum atomic E-state index is -0.670. The third-order valence-electron chi connectivity index (χ3n) is 15.2. The van der Waals surface area contributed by atoms with Crippen LogP contribution in [0.4, 0.5) is 0 Å². The van der Waals surface area contributed by atoms with E-state index in [1.165, 1.54) is 283 Å². The summed E-state index contributed by atoms with van der Waals surface area (Å²) in [5, 5.41) is 23.4. The smallest absolute Gasteiger partial charge is 0.305 e. The lowest BCUT2D eigenvalue weighted by Crippen LogP contribution is -2.45. The zero-order chi connectivity index (χ0) is 52.2. The number of hydrogen-bond acceptors (Lipinski definition) is 5. The lowest BCUT2D eigenvalue weighted by Gasteiger charge is -2.22. The molecule has 0 aromatic carbocycles. The first-order valence-corrected chi connectivity index (χ1v) is 32.6. The van der Waals surface area contributed by atoms with E-state index >= 15 is 0 Å². The molecule has 0 saturated heterocycles. The molecule has 0 fully saturated rings. The predicted molar refractivity (Wildman–Crippen MR) is 315 cm³/mol. The van der Waals surface area contributed by atoms with Gasteiger partial charge in [0.1, 0.15) is 0 Å². The van der Waals surface area contributed by atoms with Gasteiger partial charge in [-0.25, -0.2) is 0 Å². The number of aliphatic hydroxyl groups excluding tert-OH is 2. The molecule has 0 saturated carbocycles. The first-order valence-electron chi connectivity index (χ1n) is 32.6. The summed E-state index contributed by atoms with van der Waals surface area (Å²) < 4.78 is 5.48. The maximum Gasteiger partial charge on any atom is 0.305 e. The molecule has 0 aromatic rings. The molecule has 6 heteroatoms. The lowest BCUT2D eigenvalue weighted by atomic mass is 10.0. The van der Waals surface area contributed by atoms with Crippen molar-refractivity contribution in [1.29, 1.82) is 0 Å². The van der Waals surface area contributed by atoms with E-state index in [9.17, 15) is 19.8 Å². The average molecular weight is 1010 g/mol. The van der Waals surface area contributed by atoms with Gasteiger partial charge in [-0.3, -0.25) is 9.59 Å². The molecular weight excluding hydrogens is 887 g/mol. The Kier molecular flexibility index (Phi) is 60.5. The van der Waals surface area contributed by atoms with Crippen LogP contribution in [0.3, 0.4) is 0 Å². The van der Waals surface area contributed by atoms with Crippen molar-refractivity contribution in [2.24, 2.45) is 0 Å². The van der Waals surface area contributed by atoms with Crippen LogP contribution in [-0.2, 0) is 14.3 Å². The summed E-state index contributed by atoms with van der Waals surface area (Å²) in [6.45, 7) is 4.96. The standard InChI is InChI=1S/C66H127NO5/c1-3-5-7-9-11-13-15-17-19-20-24-27-31-34-38-42-46-50-54-58-64(69)63(62-68)67-65(70)59-55-51-47-43-39-35-32-28-25-22-21-23-26-29-33-37-41-45-49-53-57-61-72-66(71)60-56-52-48-44-40-36-30-18-16-14-12-10-8-6-4-2/h18,22,25,30,63-64,68-69H,3-17,19-21,23-24,26-29,31-62H2,1-2H3,(H,67,70)/b25-22-,30-18-. The van der Waals surface area contributed by atoms with Crippen molar-refractivity contribution >= 4 is 11.9 Å². The Morgan fingerprint density at radius 3 is 0.986 bits per heavy atom. The summed E-state index contributed by atoms with van der Waals surface area (Å²) in [5.41, 5.74) is 0. The van der Waals surface area contributed by atoms with Crippen LogP contribution in [0.1, 0.15) is 361 Å². The third-order valence-corrected chi connectivity index (χ3v) is 15.2. The maximum absolute atomic E-state index is 12.5. The molecule has 0 heterocycles. The summed E-state index contributed by atoms with van der Waals surface area (Å²) in [7, 11) is 0. The van der Waals surface area contributed by atoms with Crippen LogP contribution in [0, 0.1) is 0 Å². The van der Waals surface area contributed by atoms with Crippen molar-refractivity contribution in [3.05, 3.63) is 24.3 Å². The van der Waals surface area contributed by atoms with Gasteiger partial charge in [0.15, 0.2) is 0 Å². The molecule has 3 N–H and O–H groups in total. The summed E-state index contributed by atoms with van der Waals surface area (Å²) in [4.78, 5) is 24.6. The zero-order valence-corrected chi connectivity index (χ0v) is 48.7. The molecule has 0 spiro atoms. The van der Waals surface area contributed by atoms with Gasteiger partial charge in [0.2, 0.25) is 5.91 Å². The van der Waals surface area contributed by atoms with Gasteiger partial charge < -0.3 is 20.3 Å². The maximum atomic E-state index is 12.5. The number of carbonyl (C=O) groups excluding carboxylic acids is 2. The molecule has 0 aliphatic rings. The van der Waals surface area contributed by atoms with Crippen LogP contribution in [0.15, 0.2) is 24.3 Å². The highest BCUT2D eigenvalue weighted by atomic mass is 16.5. The number of unbranched alkanes of at least 4 members (excludes halogenated alkanes) is 46. The number of hydrogen-bond donors (Lipinski definition) is 3. The van der Waals surface area contributed by atoms with E-state index in [4.69, 9.17) is 4.74 Å². The van der Waals surface area contributed by atoms with Gasteiger partial charge in [-0.05, 0) is 77.0 Å². The Labute approximate surface area is 450 Å². The molecule has 0 rings (SSSR count). The van der Waals surface area contributed by atoms with E-state index in [0.717, 1.165) is 44.9 Å². The van der Waals surface area contributed by atoms with Crippen molar-refractivity contribution in [2.45, 2.75) is 373 Å². The van der Waals surface area contributed by atoms with Gasteiger partial charge >= 0.3 is 5.97 Å². The number of carbonyl (C=O) groups is 2. The fourth-order valence-electron chi connectivity index (χ4n) is 10.2.